The zero-order chi connectivity index (χ0) is 15.4. The second kappa shape index (κ2) is 7.19. The lowest BCUT2D eigenvalue weighted by Crippen LogP contribution is -2.56. The van der Waals surface area contributed by atoms with Gasteiger partial charge in [-0.1, -0.05) is 11.6 Å². The average molecular weight is 320 g/mol. The molecule has 0 saturated carbocycles. The Bertz CT molecular complexity index is 478. The van der Waals surface area contributed by atoms with Crippen LogP contribution in [0, 0.1) is 0 Å². The van der Waals surface area contributed by atoms with Gasteiger partial charge in [0.15, 0.2) is 0 Å². The summed E-state index contributed by atoms with van der Waals surface area (Å²) in [6.45, 7) is 1.96. The normalized spacial score (nSPS) is 29.2. The first-order valence-electron chi connectivity index (χ1n) is 6.57. The quantitative estimate of drug-likeness (QED) is 0.533. The molecule has 0 unspecified atom stereocenters. The van der Waals surface area contributed by atoms with Crippen LogP contribution in [0.15, 0.2) is 6.07 Å². The molecule has 0 radical (unpaired) electrons. The van der Waals surface area contributed by atoms with E-state index in [1.54, 1.807) is 0 Å². The number of aliphatic hydroxyl groups excluding tert-OH is 3. The van der Waals surface area contributed by atoms with Crippen molar-refractivity contribution in [1.29, 1.82) is 0 Å². The Labute approximate surface area is 126 Å². The van der Waals surface area contributed by atoms with E-state index in [2.05, 4.69) is 15.3 Å². The third-order valence-electron chi connectivity index (χ3n) is 3.09. The molecule has 1 saturated heterocycles. The number of rotatable bonds is 5. The molecular weight excluding hydrogens is 302 g/mol. The van der Waals surface area contributed by atoms with Crippen molar-refractivity contribution in [3.05, 3.63) is 11.2 Å². The standard InChI is InChI=1S/C12H18ClN3O5/c1-2-20-9-3-8(13)15-12(16-9)14-6-5-21-7(4-17)11(19)10(6)18/h3,6-7,10-11,17-19H,2,4-5H2,1H3,(H,14,15,16)/t6-,7+,10+,11-/m0/s1. The van der Waals surface area contributed by atoms with Crippen LogP contribution < -0.4 is 10.1 Å². The monoisotopic (exact) mass is 319 g/mol. The second-order valence-corrected chi connectivity index (χ2v) is 4.96. The Kier molecular flexibility index (Phi) is 5.54. The van der Waals surface area contributed by atoms with Crippen LogP contribution >= 0.6 is 11.6 Å². The van der Waals surface area contributed by atoms with Gasteiger partial charge in [-0.3, -0.25) is 0 Å². The Morgan fingerprint density at radius 1 is 1.43 bits per heavy atom. The number of aromatic nitrogens is 2. The highest BCUT2D eigenvalue weighted by molar-refractivity contribution is 6.29. The van der Waals surface area contributed by atoms with Crippen LogP contribution in [0.2, 0.25) is 5.15 Å². The van der Waals surface area contributed by atoms with E-state index in [1.165, 1.54) is 6.07 Å². The van der Waals surface area contributed by atoms with Gasteiger partial charge in [0.1, 0.15) is 23.5 Å². The fraction of sp³-hybridized carbons (Fsp3) is 0.667. The van der Waals surface area contributed by atoms with Gasteiger partial charge in [-0.2, -0.15) is 4.98 Å². The van der Waals surface area contributed by atoms with Crippen molar-refractivity contribution >= 4 is 17.5 Å². The summed E-state index contributed by atoms with van der Waals surface area (Å²) in [5.41, 5.74) is 0. The molecule has 21 heavy (non-hydrogen) atoms. The lowest BCUT2D eigenvalue weighted by atomic mass is 9.98. The topological polar surface area (TPSA) is 117 Å². The highest BCUT2D eigenvalue weighted by atomic mass is 35.5. The Hall–Kier alpha value is -1.19. The molecule has 0 bridgehead atoms. The lowest BCUT2D eigenvalue weighted by Gasteiger charge is -2.37. The fourth-order valence-electron chi connectivity index (χ4n) is 2.02. The SMILES string of the molecule is CCOc1cc(Cl)nc(N[C@H]2CO[C@H](CO)[C@H](O)[C@@H]2O)n1. The first kappa shape index (κ1) is 16.2. The minimum atomic E-state index is -1.20. The van der Waals surface area contributed by atoms with Crippen molar-refractivity contribution < 1.29 is 24.8 Å². The summed E-state index contributed by atoms with van der Waals surface area (Å²) < 4.78 is 10.5. The van der Waals surface area contributed by atoms with E-state index in [0.717, 1.165) is 0 Å². The Morgan fingerprint density at radius 3 is 2.86 bits per heavy atom. The Morgan fingerprint density at radius 2 is 2.19 bits per heavy atom. The van der Waals surface area contributed by atoms with Crippen LogP contribution in [0.1, 0.15) is 6.92 Å². The third-order valence-corrected chi connectivity index (χ3v) is 3.28. The molecule has 118 valence electrons. The number of ether oxygens (including phenoxy) is 2. The molecule has 2 rings (SSSR count). The van der Waals surface area contributed by atoms with E-state index in [9.17, 15) is 10.2 Å². The van der Waals surface area contributed by atoms with Gasteiger partial charge in [0.25, 0.3) is 0 Å². The number of nitrogens with zero attached hydrogens (tertiary/aromatic N) is 2. The summed E-state index contributed by atoms with van der Waals surface area (Å²) in [7, 11) is 0. The van der Waals surface area contributed by atoms with Crippen LogP contribution in [-0.2, 0) is 4.74 Å². The van der Waals surface area contributed by atoms with Crippen LogP contribution in [0.4, 0.5) is 5.95 Å². The predicted octanol–water partition coefficient (Wildman–Crippen LogP) is -0.578. The summed E-state index contributed by atoms with van der Waals surface area (Å²) in [5.74, 6) is 0.466. The summed E-state index contributed by atoms with van der Waals surface area (Å²) in [6.07, 6.45) is -3.14. The average Bonchev–Trinajstić information content (AvgIpc) is 2.44. The molecule has 0 amide bonds. The van der Waals surface area contributed by atoms with Crippen LogP contribution in [0.25, 0.3) is 0 Å². The number of halogens is 1. The van der Waals surface area contributed by atoms with Crippen molar-refractivity contribution in [2.45, 2.75) is 31.3 Å². The zero-order valence-electron chi connectivity index (χ0n) is 11.4. The van der Waals surface area contributed by atoms with Crippen LogP contribution in [0.3, 0.4) is 0 Å². The van der Waals surface area contributed by atoms with Gasteiger partial charge >= 0.3 is 0 Å². The number of hydrogen-bond donors (Lipinski definition) is 4. The van der Waals surface area contributed by atoms with Crippen molar-refractivity contribution in [3.8, 4) is 5.88 Å². The fourth-order valence-corrected chi connectivity index (χ4v) is 2.19. The van der Waals surface area contributed by atoms with E-state index < -0.39 is 24.4 Å². The van der Waals surface area contributed by atoms with Gasteiger partial charge in [0.05, 0.1) is 25.9 Å². The molecule has 0 aliphatic carbocycles. The van der Waals surface area contributed by atoms with Crippen molar-refractivity contribution in [1.82, 2.24) is 9.97 Å². The largest absolute Gasteiger partial charge is 0.478 e. The molecule has 1 aliphatic rings. The van der Waals surface area contributed by atoms with Crippen molar-refractivity contribution in [2.24, 2.45) is 0 Å². The smallest absolute Gasteiger partial charge is 0.227 e. The van der Waals surface area contributed by atoms with Gasteiger partial charge in [0.2, 0.25) is 11.8 Å². The highest BCUT2D eigenvalue weighted by Gasteiger charge is 2.38. The molecule has 0 aromatic carbocycles. The maximum atomic E-state index is 10.0. The molecular formula is C12H18ClN3O5. The molecule has 1 fully saturated rings. The number of hydrogen-bond acceptors (Lipinski definition) is 8. The van der Waals surface area contributed by atoms with Gasteiger partial charge < -0.3 is 30.1 Å². The van der Waals surface area contributed by atoms with E-state index in [0.29, 0.717) is 12.5 Å². The first-order chi connectivity index (χ1) is 10.0. The zero-order valence-corrected chi connectivity index (χ0v) is 12.2. The summed E-state index contributed by atoms with van der Waals surface area (Å²) >= 11 is 5.87. The molecule has 1 aromatic rings. The lowest BCUT2D eigenvalue weighted by molar-refractivity contribution is -0.152. The van der Waals surface area contributed by atoms with E-state index >= 15 is 0 Å². The third kappa shape index (κ3) is 3.92. The van der Waals surface area contributed by atoms with E-state index in [1.807, 2.05) is 6.92 Å². The minimum Gasteiger partial charge on any atom is -0.478 e. The van der Waals surface area contributed by atoms with Gasteiger partial charge in [-0.05, 0) is 6.92 Å². The van der Waals surface area contributed by atoms with E-state index in [-0.39, 0.29) is 24.3 Å². The maximum absolute atomic E-state index is 10.0. The summed E-state index contributed by atoms with van der Waals surface area (Å²) in [4.78, 5) is 8.06. The Balaban J connectivity index is 2.07. The van der Waals surface area contributed by atoms with Crippen molar-refractivity contribution in [3.63, 3.8) is 0 Å². The molecule has 0 spiro atoms. The summed E-state index contributed by atoms with van der Waals surface area (Å²) in [6, 6.07) is 0.844. The van der Waals surface area contributed by atoms with Gasteiger partial charge in [0, 0.05) is 6.07 Å². The van der Waals surface area contributed by atoms with E-state index in [4.69, 9.17) is 26.2 Å². The number of aliphatic hydroxyl groups is 3. The maximum Gasteiger partial charge on any atom is 0.227 e. The van der Waals surface area contributed by atoms with Gasteiger partial charge in [-0.15, -0.1) is 0 Å². The van der Waals surface area contributed by atoms with Crippen molar-refractivity contribution in [2.75, 3.05) is 25.1 Å². The molecule has 9 heteroatoms. The first-order valence-corrected chi connectivity index (χ1v) is 6.95. The molecule has 1 aromatic heterocycles. The van der Waals surface area contributed by atoms with Crippen LogP contribution in [0.5, 0.6) is 5.88 Å². The molecule has 1 aliphatic heterocycles. The number of anilines is 1. The molecule has 4 N–H and O–H groups in total. The predicted molar refractivity (Wildman–Crippen MR) is 74.5 cm³/mol. The molecule has 4 atom stereocenters. The molecule has 2 heterocycles. The molecule has 8 nitrogen and oxygen atoms in total. The number of nitrogens with one attached hydrogen (secondary N) is 1. The minimum absolute atomic E-state index is 0.0866. The van der Waals surface area contributed by atoms with Gasteiger partial charge in [-0.25, -0.2) is 4.98 Å². The highest BCUT2D eigenvalue weighted by Crippen LogP contribution is 2.21. The van der Waals surface area contributed by atoms with Crippen LogP contribution in [-0.4, -0.2) is 69.5 Å². The summed E-state index contributed by atoms with van der Waals surface area (Å²) in [5, 5.41) is 31.9. The second-order valence-electron chi connectivity index (χ2n) is 4.57.